The van der Waals surface area contributed by atoms with Gasteiger partial charge >= 0.3 is 0 Å². The molecule has 0 amide bonds. The predicted molar refractivity (Wildman–Crippen MR) is 124 cm³/mol. The SMILES string of the molecule is Cc1ccccc1Nc1ncnc(N(Cc2ccccc2)Cc2ccccc2)c1N. The van der Waals surface area contributed by atoms with E-state index in [4.69, 9.17) is 5.73 Å². The lowest BCUT2D eigenvalue weighted by Crippen LogP contribution is -2.24. The van der Waals surface area contributed by atoms with Crippen molar-refractivity contribution in [1.29, 1.82) is 0 Å². The van der Waals surface area contributed by atoms with Gasteiger partial charge in [0.05, 0.1) is 0 Å². The van der Waals surface area contributed by atoms with E-state index in [-0.39, 0.29) is 0 Å². The maximum Gasteiger partial charge on any atom is 0.159 e. The second-order valence-corrected chi connectivity index (χ2v) is 7.23. The number of anilines is 4. The Morgan fingerprint density at radius 1 is 0.767 bits per heavy atom. The number of hydrogen-bond acceptors (Lipinski definition) is 5. The van der Waals surface area contributed by atoms with Crippen molar-refractivity contribution in [2.45, 2.75) is 20.0 Å². The van der Waals surface area contributed by atoms with Crippen LogP contribution in [0.1, 0.15) is 16.7 Å². The normalized spacial score (nSPS) is 10.6. The van der Waals surface area contributed by atoms with Gasteiger partial charge in [-0.05, 0) is 29.7 Å². The Morgan fingerprint density at radius 3 is 1.93 bits per heavy atom. The van der Waals surface area contributed by atoms with Gasteiger partial charge in [-0.2, -0.15) is 0 Å². The Labute approximate surface area is 177 Å². The molecule has 0 radical (unpaired) electrons. The second kappa shape index (κ2) is 9.09. The van der Waals surface area contributed by atoms with Crippen molar-refractivity contribution in [3.63, 3.8) is 0 Å². The molecule has 0 aliphatic rings. The summed E-state index contributed by atoms with van der Waals surface area (Å²) >= 11 is 0. The van der Waals surface area contributed by atoms with Crippen molar-refractivity contribution < 1.29 is 0 Å². The van der Waals surface area contributed by atoms with Crippen LogP contribution in [0.4, 0.5) is 23.0 Å². The highest BCUT2D eigenvalue weighted by Crippen LogP contribution is 2.31. The van der Waals surface area contributed by atoms with Crippen LogP contribution in [-0.2, 0) is 13.1 Å². The largest absolute Gasteiger partial charge is 0.393 e. The van der Waals surface area contributed by atoms with E-state index in [1.165, 1.54) is 11.1 Å². The van der Waals surface area contributed by atoms with Gasteiger partial charge in [0.25, 0.3) is 0 Å². The molecule has 0 saturated carbocycles. The molecular weight excluding hydrogens is 370 g/mol. The summed E-state index contributed by atoms with van der Waals surface area (Å²) < 4.78 is 0. The minimum Gasteiger partial charge on any atom is -0.393 e. The van der Waals surface area contributed by atoms with Crippen LogP contribution >= 0.6 is 0 Å². The molecule has 150 valence electrons. The molecule has 0 saturated heterocycles. The fraction of sp³-hybridized carbons (Fsp3) is 0.120. The van der Waals surface area contributed by atoms with E-state index in [1.807, 2.05) is 54.6 Å². The first-order valence-electron chi connectivity index (χ1n) is 9.96. The zero-order valence-corrected chi connectivity index (χ0v) is 17.0. The first kappa shape index (κ1) is 19.5. The molecule has 0 aliphatic carbocycles. The number of benzene rings is 3. The molecule has 0 spiro atoms. The van der Waals surface area contributed by atoms with Crippen LogP contribution in [0.15, 0.2) is 91.3 Å². The summed E-state index contributed by atoms with van der Waals surface area (Å²) in [4.78, 5) is 11.1. The smallest absolute Gasteiger partial charge is 0.159 e. The van der Waals surface area contributed by atoms with Crippen molar-refractivity contribution >= 4 is 23.0 Å². The van der Waals surface area contributed by atoms with E-state index in [0.717, 1.165) is 11.3 Å². The van der Waals surface area contributed by atoms with Gasteiger partial charge in [-0.3, -0.25) is 0 Å². The number of nitrogens with one attached hydrogen (secondary N) is 1. The lowest BCUT2D eigenvalue weighted by Gasteiger charge is -2.26. The fourth-order valence-electron chi connectivity index (χ4n) is 3.39. The summed E-state index contributed by atoms with van der Waals surface area (Å²) in [5.74, 6) is 1.33. The monoisotopic (exact) mass is 395 g/mol. The van der Waals surface area contributed by atoms with Gasteiger partial charge in [-0.15, -0.1) is 0 Å². The van der Waals surface area contributed by atoms with Crippen LogP contribution < -0.4 is 16.0 Å². The van der Waals surface area contributed by atoms with Gasteiger partial charge in [0.2, 0.25) is 0 Å². The first-order valence-corrected chi connectivity index (χ1v) is 9.96. The quantitative estimate of drug-likeness (QED) is 0.443. The average Bonchev–Trinajstić information content (AvgIpc) is 2.78. The molecule has 4 rings (SSSR count). The zero-order chi connectivity index (χ0) is 20.8. The summed E-state index contributed by atoms with van der Waals surface area (Å²) in [5.41, 5.74) is 11.6. The molecule has 0 fully saturated rings. The van der Waals surface area contributed by atoms with Gasteiger partial charge in [0.1, 0.15) is 12.0 Å². The minimum atomic E-state index is 0.535. The highest BCUT2D eigenvalue weighted by Gasteiger charge is 2.17. The molecule has 4 aromatic rings. The number of nitrogens with zero attached hydrogens (tertiary/aromatic N) is 3. The van der Waals surface area contributed by atoms with Crippen LogP contribution in [0.5, 0.6) is 0 Å². The van der Waals surface area contributed by atoms with E-state index in [1.54, 1.807) is 6.33 Å². The number of hydrogen-bond donors (Lipinski definition) is 2. The number of nitrogens with two attached hydrogens (primary N) is 1. The topological polar surface area (TPSA) is 67.1 Å². The van der Waals surface area contributed by atoms with Crippen molar-refractivity contribution in [2.24, 2.45) is 0 Å². The lowest BCUT2D eigenvalue weighted by molar-refractivity contribution is 0.782. The highest BCUT2D eigenvalue weighted by molar-refractivity contribution is 5.79. The average molecular weight is 396 g/mol. The van der Waals surface area contributed by atoms with E-state index in [0.29, 0.717) is 30.4 Å². The van der Waals surface area contributed by atoms with Crippen LogP contribution in [0.25, 0.3) is 0 Å². The Kier molecular flexibility index (Phi) is 5.90. The number of aryl methyl sites for hydroxylation is 1. The van der Waals surface area contributed by atoms with E-state index >= 15 is 0 Å². The standard InChI is InChI=1S/C25H25N5/c1-19-10-8-9-15-22(19)29-24-23(26)25(28-18-27-24)30(16-20-11-4-2-5-12-20)17-21-13-6-3-7-14-21/h2-15,18H,16-17,26H2,1H3,(H,27,28,29). The van der Waals surface area contributed by atoms with Gasteiger partial charge in [0.15, 0.2) is 11.6 Å². The molecule has 5 heteroatoms. The van der Waals surface area contributed by atoms with E-state index in [9.17, 15) is 0 Å². The molecule has 1 heterocycles. The Morgan fingerprint density at radius 2 is 1.33 bits per heavy atom. The summed E-state index contributed by atoms with van der Waals surface area (Å²) in [6.07, 6.45) is 1.56. The molecule has 5 nitrogen and oxygen atoms in total. The summed E-state index contributed by atoms with van der Waals surface area (Å²) in [6.45, 7) is 3.44. The highest BCUT2D eigenvalue weighted by atomic mass is 15.2. The van der Waals surface area contributed by atoms with Gasteiger partial charge < -0.3 is 16.0 Å². The van der Waals surface area contributed by atoms with Crippen molar-refractivity contribution in [3.8, 4) is 0 Å². The minimum absolute atomic E-state index is 0.535. The Hall–Kier alpha value is -3.86. The third kappa shape index (κ3) is 4.58. The molecule has 3 aromatic carbocycles. The molecule has 3 N–H and O–H groups in total. The number of rotatable bonds is 7. The molecule has 30 heavy (non-hydrogen) atoms. The fourth-order valence-corrected chi connectivity index (χ4v) is 3.39. The Bertz CT molecular complexity index is 1060. The third-order valence-electron chi connectivity index (χ3n) is 4.99. The van der Waals surface area contributed by atoms with Crippen molar-refractivity contribution in [3.05, 3.63) is 108 Å². The molecule has 0 bridgehead atoms. The first-order chi connectivity index (χ1) is 14.7. The molecule has 0 aliphatic heterocycles. The summed E-state index contributed by atoms with van der Waals surface area (Å²) in [6, 6.07) is 28.8. The van der Waals surface area contributed by atoms with Crippen LogP contribution in [0, 0.1) is 6.92 Å². The molecule has 1 aromatic heterocycles. The summed E-state index contributed by atoms with van der Waals surface area (Å²) in [7, 11) is 0. The molecule has 0 atom stereocenters. The number of aromatic nitrogens is 2. The molecular formula is C25H25N5. The van der Waals surface area contributed by atoms with E-state index < -0.39 is 0 Å². The molecule has 0 unspecified atom stereocenters. The number of nitrogen functional groups attached to an aromatic ring is 1. The van der Waals surface area contributed by atoms with Crippen molar-refractivity contribution in [1.82, 2.24) is 9.97 Å². The van der Waals surface area contributed by atoms with Crippen LogP contribution in [-0.4, -0.2) is 9.97 Å². The predicted octanol–water partition coefficient (Wildman–Crippen LogP) is 5.32. The van der Waals surface area contributed by atoms with Crippen LogP contribution in [0.2, 0.25) is 0 Å². The third-order valence-corrected chi connectivity index (χ3v) is 4.99. The summed E-state index contributed by atoms with van der Waals surface area (Å²) in [5, 5.41) is 3.36. The number of para-hydroxylation sites is 1. The van der Waals surface area contributed by atoms with Crippen LogP contribution in [0.3, 0.4) is 0 Å². The van der Waals surface area contributed by atoms with Crippen molar-refractivity contribution in [2.75, 3.05) is 16.0 Å². The second-order valence-electron chi connectivity index (χ2n) is 7.23. The maximum absolute atomic E-state index is 6.56. The van der Waals surface area contributed by atoms with Gasteiger partial charge in [-0.1, -0.05) is 78.9 Å². The maximum atomic E-state index is 6.56. The van der Waals surface area contributed by atoms with Gasteiger partial charge in [0, 0.05) is 18.8 Å². The zero-order valence-electron chi connectivity index (χ0n) is 17.0. The van der Waals surface area contributed by atoms with E-state index in [2.05, 4.69) is 57.4 Å². The van der Waals surface area contributed by atoms with Gasteiger partial charge in [-0.25, -0.2) is 9.97 Å². The lowest BCUT2D eigenvalue weighted by atomic mass is 10.1. The Balaban J connectivity index is 1.68.